The van der Waals surface area contributed by atoms with Gasteiger partial charge in [0.2, 0.25) is 0 Å². The average Bonchev–Trinajstić information content (AvgIpc) is 2.00. The molecule has 1 heterocycles. The molecule has 0 radical (unpaired) electrons. The summed E-state index contributed by atoms with van der Waals surface area (Å²) in [6, 6.07) is 0. The lowest BCUT2D eigenvalue weighted by Gasteiger charge is -1.99. The van der Waals surface area contributed by atoms with Gasteiger partial charge >= 0.3 is 0 Å². The van der Waals surface area contributed by atoms with Crippen molar-refractivity contribution in [2.75, 3.05) is 6.54 Å². The molecule has 0 aliphatic carbocycles. The number of rotatable bonds is 1. The lowest BCUT2D eigenvalue weighted by Crippen LogP contribution is -2.10. The summed E-state index contributed by atoms with van der Waals surface area (Å²) in [4.78, 5) is 2.50. The van der Waals surface area contributed by atoms with E-state index in [2.05, 4.69) is 39.5 Å². The number of likely N-dealkylation sites (N-methyl/N-ethyl adjacent to an activating group) is 1. The summed E-state index contributed by atoms with van der Waals surface area (Å²) in [5.74, 6) is 0. The van der Waals surface area contributed by atoms with Crippen molar-refractivity contribution in [3.63, 3.8) is 0 Å². The fraction of sp³-hybridized carbons (Fsp3) is 1.00. The number of hydrogen-bond donors (Lipinski definition) is 0. The van der Waals surface area contributed by atoms with Crippen LogP contribution in [0.4, 0.5) is 0 Å². The molecular formula is C8H17N. The Morgan fingerprint density at radius 2 is 1.33 bits per heavy atom. The minimum Gasteiger partial charge on any atom is -0.290 e. The quantitative estimate of drug-likeness (QED) is 0.486. The summed E-state index contributed by atoms with van der Waals surface area (Å²) in [7, 11) is 0. The highest BCUT2D eigenvalue weighted by Crippen LogP contribution is 2.49. The molecule has 0 aromatic heterocycles. The van der Waals surface area contributed by atoms with E-state index >= 15 is 0 Å². The standard InChI is InChI=1S/C8H17N/c1-6-9-7(2,3)8(9,4)5/h6H2,1-5H3. The zero-order valence-corrected chi connectivity index (χ0v) is 7.15. The van der Waals surface area contributed by atoms with E-state index in [0.717, 1.165) is 0 Å². The molecule has 0 amide bonds. The van der Waals surface area contributed by atoms with Crippen LogP contribution in [0.15, 0.2) is 0 Å². The summed E-state index contributed by atoms with van der Waals surface area (Å²) < 4.78 is 0. The predicted octanol–water partition coefficient (Wildman–Crippen LogP) is 1.88. The van der Waals surface area contributed by atoms with Crippen LogP contribution in [0.25, 0.3) is 0 Å². The third kappa shape index (κ3) is 0.644. The molecule has 0 N–H and O–H groups in total. The molecule has 1 saturated heterocycles. The minimum absolute atomic E-state index is 0.446. The largest absolute Gasteiger partial charge is 0.290 e. The second-order valence-electron chi connectivity index (χ2n) is 3.86. The molecule has 0 aromatic rings. The molecule has 54 valence electrons. The topological polar surface area (TPSA) is 3.01 Å². The van der Waals surface area contributed by atoms with Gasteiger partial charge in [-0.1, -0.05) is 6.92 Å². The maximum absolute atomic E-state index is 2.50. The van der Waals surface area contributed by atoms with Crippen LogP contribution in [0, 0.1) is 0 Å². The second-order valence-corrected chi connectivity index (χ2v) is 3.86. The Balaban J connectivity index is 2.66. The van der Waals surface area contributed by atoms with E-state index in [-0.39, 0.29) is 0 Å². The smallest absolute Gasteiger partial charge is 0.0337 e. The van der Waals surface area contributed by atoms with Crippen LogP contribution < -0.4 is 0 Å². The fourth-order valence-electron chi connectivity index (χ4n) is 1.81. The van der Waals surface area contributed by atoms with Crippen LogP contribution >= 0.6 is 0 Å². The molecule has 1 fully saturated rings. The van der Waals surface area contributed by atoms with Crippen molar-refractivity contribution in [3.05, 3.63) is 0 Å². The molecule has 0 saturated carbocycles. The van der Waals surface area contributed by atoms with E-state index in [1.54, 1.807) is 0 Å². The Morgan fingerprint density at radius 1 is 1.00 bits per heavy atom. The van der Waals surface area contributed by atoms with Crippen LogP contribution in [0.1, 0.15) is 34.6 Å². The van der Waals surface area contributed by atoms with E-state index in [0.29, 0.717) is 11.1 Å². The Morgan fingerprint density at radius 3 is 1.33 bits per heavy atom. The number of hydrogen-bond acceptors (Lipinski definition) is 1. The molecule has 1 nitrogen and oxygen atoms in total. The molecule has 1 rings (SSSR count). The molecule has 1 heteroatoms. The normalized spacial score (nSPS) is 30.3. The van der Waals surface area contributed by atoms with Crippen molar-refractivity contribution in [2.45, 2.75) is 45.7 Å². The van der Waals surface area contributed by atoms with Gasteiger partial charge in [-0.15, -0.1) is 0 Å². The summed E-state index contributed by atoms with van der Waals surface area (Å²) in [5.41, 5.74) is 0.892. The van der Waals surface area contributed by atoms with Crippen LogP contribution in [0.2, 0.25) is 0 Å². The molecule has 0 spiro atoms. The van der Waals surface area contributed by atoms with E-state index < -0.39 is 0 Å². The molecule has 0 aromatic carbocycles. The highest BCUT2D eigenvalue weighted by molar-refractivity contribution is 5.18. The first-order chi connectivity index (χ1) is 3.94. The third-order valence-corrected chi connectivity index (χ3v) is 3.11. The molecule has 1 aliphatic heterocycles. The van der Waals surface area contributed by atoms with Gasteiger partial charge < -0.3 is 0 Å². The summed E-state index contributed by atoms with van der Waals surface area (Å²) in [5, 5.41) is 0. The van der Waals surface area contributed by atoms with E-state index in [1.807, 2.05) is 0 Å². The minimum atomic E-state index is 0.446. The average molecular weight is 127 g/mol. The van der Waals surface area contributed by atoms with Gasteiger partial charge in [0.25, 0.3) is 0 Å². The van der Waals surface area contributed by atoms with Gasteiger partial charge in [0, 0.05) is 11.1 Å². The molecule has 0 unspecified atom stereocenters. The van der Waals surface area contributed by atoms with Gasteiger partial charge in [0.1, 0.15) is 0 Å². The molecule has 9 heavy (non-hydrogen) atoms. The van der Waals surface area contributed by atoms with Crippen molar-refractivity contribution in [2.24, 2.45) is 0 Å². The summed E-state index contributed by atoms with van der Waals surface area (Å²) >= 11 is 0. The number of nitrogens with zero attached hydrogens (tertiary/aromatic N) is 1. The molecule has 1 aliphatic rings. The SMILES string of the molecule is CCN1C(C)(C)C1(C)C. The van der Waals surface area contributed by atoms with E-state index in [1.165, 1.54) is 6.54 Å². The van der Waals surface area contributed by atoms with Gasteiger partial charge in [-0.25, -0.2) is 0 Å². The van der Waals surface area contributed by atoms with Gasteiger partial charge in [-0.3, -0.25) is 4.90 Å². The van der Waals surface area contributed by atoms with Crippen molar-refractivity contribution >= 4 is 0 Å². The maximum atomic E-state index is 2.50. The van der Waals surface area contributed by atoms with Gasteiger partial charge in [-0.2, -0.15) is 0 Å². The first kappa shape index (κ1) is 7.07. The van der Waals surface area contributed by atoms with Crippen molar-refractivity contribution in [1.82, 2.24) is 4.90 Å². The Labute approximate surface area is 58.0 Å². The monoisotopic (exact) mass is 127 g/mol. The zero-order chi connectivity index (χ0) is 7.28. The Bertz CT molecular complexity index is 111. The lowest BCUT2D eigenvalue weighted by atomic mass is 10.0. The molecule has 0 atom stereocenters. The zero-order valence-electron chi connectivity index (χ0n) is 7.15. The van der Waals surface area contributed by atoms with Crippen molar-refractivity contribution < 1.29 is 0 Å². The first-order valence-electron chi connectivity index (χ1n) is 3.72. The van der Waals surface area contributed by atoms with Crippen LogP contribution in [-0.4, -0.2) is 22.5 Å². The van der Waals surface area contributed by atoms with E-state index in [4.69, 9.17) is 0 Å². The van der Waals surface area contributed by atoms with E-state index in [9.17, 15) is 0 Å². The summed E-state index contributed by atoms with van der Waals surface area (Å²) in [6.07, 6.45) is 0. The van der Waals surface area contributed by atoms with Crippen LogP contribution in [0.3, 0.4) is 0 Å². The van der Waals surface area contributed by atoms with Crippen LogP contribution in [0.5, 0.6) is 0 Å². The van der Waals surface area contributed by atoms with Gasteiger partial charge in [0.15, 0.2) is 0 Å². The lowest BCUT2D eigenvalue weighted by molar-refractivity contribution is 0.436. The Kier molecular flexibility index (Phi) is 1.19. The van der Waals surface area contributed by atoms with Gasteiger partial charge in [0.05, 0.1) is 0 Å². The Hall–Kier alpha value is -0.0400. The summed E-state index contributed by atoms with van der Waals surface area (Å²) in [6.45, 7) is 12.6. The van der Waals surface area contributed by atoms with Gasteiger partial charge in [-0.05, 0) is 34.2 Å². The van der Waals surface area contributed by atoms with Crippen molar-refractivity contribution in [1.29, 1.82) is 0 Å². The highest BCUT2D eigenvalue weighted by atomic mass is 15.4. The highest BCUT2D eigenvalue weighted by Gasteiger charge is 2.61. The van der Waals surface area contributed by atoms with Crippen LogP contribution in [-0.2, 0) is 0 Å². The molecular weight excluding hydrogens is 110 g/mol. The third-order valence-electron chi connectivity index (χ3n) is 3.11. The maximum Gasteiger partial charge on any atom is 0.0337 e. The predicted molar refractivity (Wildman–Crippen MR) is 40.5 cm³/mol. The van der Waals surface area contributed by atoms with Crippen molar-refractivity contribution in [3.8, 4) is 0 Å². The molecule has 0 bridgehead atoms. The fourth-order valence-corrected chi connectivity index (χ4v) is 1.81. The first-order valence-corrected chi connectivity index (χ1v) is 3.72. The second kappa shape index (κ2) is 1.51.